The lowest BCUT2D eigenvalue weighted by Crippen LogP contribution is -2.13. The molecule has 0 bridgehead atoms. The Balaban J connectivity index is 2.30. The predicted octanol–water partition coefficient (Wildman–Crippen LogP) is 4.21. The molecule has 5 heteroatoms. The van der Waals surface area contributed by atoms with Crippen LogP contribution in [0.5, 0.6) is 11.5 Å². The second-order valence-corrected chi connectivity index (χ2v) is 5.25. The van der Waals surface area contributed by atoms with E-state index in [2.05, 4.69) is 5.32 Å². The summed E-state index contributed by atoms with van der Waals surface area (Å²) in [6.07, 6.45) is 0. The molecule has 0 saturated heterocycles. The third-order valence-electron chi connectivity index (χ3n) is 3.43. The molecule has 0 spiro atoms. The second kappa shape index (κ2) is 4.90. The first-order valence-corrected chi connectivity index (χ1v) is 6.79. The van der Waals surface area contributed by atoms with E-state index in [-0.39, 0.29) is 11.7 Å². The summed E-state index contributed by atoms with van der Waals surface area (Å²) in [6.45, 7) is 3.20. The lowest BCUT2D eigenvalue weighted by molar-refractivity contribution is 0.101. The first-order chi connectivity index (χ1) is 9.99. The Bertz CT molecular complexity index is 783. The van der Waals surface area contributed by atoms with Crippen molar-refractivity contribution in [2.24, 2.45) is 0 Å². The molecule has 0 saturated carbocycles. The van der Waals surface area contributed by atoms with Gasteiger partial charge in [-0.3, -0.25) is 9.59 Å². The van der Waals surface area contributed by atoms with Crippen molar-refractivity contribution in [1.82, 2.24) is 0 Å². The number of benzene rings is 2. The van der Waals surface area contributed by atoms with Crippen LogP contribution in [0.15, 0.2) is 30.3 Å². The van der Waals surface area contributed by atoms with Crippen molar-refractivity contribution in [2.75, 3.05) is 5.32 Å². The van der Waals surface area contributed by atoms with Crippen LogP contribution >= 0.6 is 11.6 Å². The highest BCUT2D eigenvalue weighted by atomic mass is 35.5. The van der Waals surface area contributed by atoms with Crippen LogP contribution in [0.1, 0.15) is 33.2 Å². The van der Waals surface area contributed by atoms with Crippen LogP contribution in [0.2, 0.25) is 5.02 Å². The number of amides is 1. The van der Waals surface area contributed by atoms with Crippen LogP contribution in [0.4, 0.5) is 5.69 Å². The standard InChI is InChI=1S/C16H12ClNO3/c1-8-12(17)7-11(9(2)19)14-15(8)21-13-6-4-3-5-10(13)16(20)18-14/h3-7H,1-2H3,(H,18,20). The van der Waals surface area contributed by atoms with Crippen molar-refractivity contribution in [3.8, 4) is 11.5 Å². The molecule has 1 heterocycles. The number of Topliss-reactive ketones (excluding diaryl/α,β-unsaturated/α-hetero) is 1. The van der Waals surface area contributed by atoms with Gasteiger partial charge in [-0.1, -0.05) is 23.7 Å². The third kappa shape index (κ3) is 2.17. The fraction of sp³-hybridized carbons (Fsp3) is 0.125. The molecule has 1 aliphatic heterocycles. The normalized spacial score (nSPS) is 12.6. The van der Waals surface area contributed by atoms with Gasteiger partial charge in [-0.15, -0.1) is 0 Å². The van der Waals surface area contributed by atoms with Crippen LogP contribution < -0.4 is 10.1 Å². The van der Waals surface area contributed by atoms with Gasteiger partial charge in [0.1, 0.15) is 5.75 Å². The molecule has 0 unspecified atom stereocenters. The smallest absolute Gasteiger partial charge is 0.259 e. The average molecular weight is 302 g/mol. The summed E-state index contributed by atoms with van der Waals surface area (Å²) in [5, 5.41) is 3.18. The van der Waals surface area contributed by atoms with Crippen LogP contribution in [-0.4, -0.2) is 11.7 Å². The minimum atomic E-state index is -0.312. The fourth-order valence-electron chi connectivity index (χ4n) is 2.29. The van der Waals surface area contributed by atoms with Gasteiger partial charge in [-0.05, 0) is 32.0 Å². The Morgan fingerprint density at radius 1 is 1.29 bits per heavy atom. The number of nitrogens with one attached hydrogen (secondary N) is 1. The molecule has 2 aromatic rings. The van der Waals surface area contributed by atoms with E-state index in [4.69, 9.17) is 16.3 Å². The maximum absolute atomic E-state index is 12.3. The molecule has 3 rings (SSSR count). The minimum Gasteiger partial charge on any atom is -0.454 e. The number of ether oxygens (including phenoxy) is 1. The van der Waals surface area contributed by atoms with Crippen molar-refractivity contribution in [3.05, 3.63) is 52.0 Å². The lowest BCUT2D eigenvalue weighted by Gasteiger charge is -2.15. The summed E-state index contributed by atoms with van der Waals surface area (Å²) in [5.74, 6) is 0.344. The number of ketones is 1. The van der Waals surface area contributed by atoms with Crippen LogP contribution in [0.3, 0.4) is 0 Å². The highest BCUT2D eigenvalue weighted by molar-refractivity contribution is 6.32. The molecule has 1 amide bonds. The first kappa shape index (κ1) is 13.6. The van der Waals surface area contributed by atoms with Gasteiger partial charge in [0.05, 0.1) is 11.3 Å². The predicted molar refractivity (Wildman–Crippen MR) is 80.7 cm³/mol. The van der Waals surface area contributed by atoms with Gasteiger partial charge < -0.3 is 10.1 Å². The average Bonchev–Trinajstić information content (AvgIpc) is 2.60. The number of fused-ring (bicyclic) bond motifs is 2. The zero-order chi connectivity index (χ0) is 15.1. The van der Waals surface area contributed by atoms with Crippen molar-refractivity contribution in [2.45, 2.75) is 13.8 Å². The SMILES string of the molecule is CC(=O)c1cc(Cl)c(C)c2c1NC(=O)c1ccccc1O2. The maximum Gasteiger partial charge on any atom is 0.259 e. The highest BCUT2D eigenvalue weighted by Crippen LogP contribution is 2.43. The Kier molecular flexibility index (Phi) is 3.18. The number of hydrogen-bond acceptors (Lipinski definition) is 3. The number of carbonyl (C=O) groups excluding carboxylic acids is 2. The molecule has 1 N–H and O–H groups in total. The van der Waals surface area contributed by atoms with Crippen molar-refractivity contribution in [3.63, 3.8) is 0 Å². The van der Waals surface area contributed by atoms with Gasteiger partial charge in [0.25, 0.3) is 5.91 Å². The van der Waals surface area contributed by atoms with Gasteiger partial charge in [0.2, 0.25) is 0 Å². The number of rotatable bonds is 1. The molecule has 21 heavy (non-hydrogen) atoms. The van der Waals surface area contributed by atoms with Crippen molar-refractivity contribution >= 4 is 29.0 Å². The zero-order valence-electron chi connectivity index (χ0n) is 11.5. The molecule has 0 radical (unpaired) electrons. The van der Waals surface area contributed by atoms with E-state index in [9.17, 15) is 9.59 Å². The number of carbonyl (C=O) groups is 2. The van der Waals surface area contributed by atoms with Crippen molar-refractivity contribution < 1.29 is 14.3 Å². The summed E-state index contributed by atoms with van der Waals surface area (Å²) < 4.78 is 5.86. The molecule has 1 aliphatic rings. The Hall–Kier alpha value is -2.33. The van der Waals surface area contributed by atoms with Gasteiger partial charge >= 0.3 is 0 Å². The topological polar surface area (TPSA) is 55.4 Å². The maximum atomic E-state index is 12.3. The molecule has 2 aromatic carbocycles. The third-order valence-corrected chi connectivity index (χ3v) is 3.82. The number of anilines is 1. The van der Waals surface area contributed by atoms with E-state index in [1.807, 2.05) is 0 Å². The monoisotopic (exact) mass is 301 g/mol. The van der Waals surface area contributed by atoms with E-state index in [0.29, 0.717) is 38.9 Å². The van der Waals surface area contributed by atoms with E-state index in [0.717, 1.165) is 0 Å². The van der Waals surface area contributed by atoms with E-state index >= 15 is 0 Å². The first-order valence-electron chi connectivity index (χ1n) is 6.41. The summed E-state index contributed by atoms with van der Waals surface area (Å²) >= 11 is 6.17. The zero-order valence-corrected chi connectivity index (χ0v) is 12.2. The Morgan fingerprint density at radius 2 is 2.00 bits per heavy atom. The molecule has 4 nitrogen and oxygen atoms in total. The number of halogens is 1. The van der Waals surface area contributed by atoms with E-state index < -0.39 is 0 Å². The molecular weight excluding hydrogens is 290 g/mol. The summed E-state index contributed by atoms with van der Waals surface area (Å²) in [7, 11) is 0. The van der Waals surface area contributed by atoms with E-state index in [1.54, 1.807) is 37.3 Å². The largest absolute Gasteiger partial charge is 0.454 e. The molecule has 0 aromatic heterocycles. The Morgan fingerprint density at radius 3 is 2.71 bits per heavy atom. The van der Waals surface area contributed by atoms with Crippen molar-refractivity contribution in [1.29, 1.82) is 0 Å². The number of para-hydroxylation sites is 1. The van der Waals surface area contributed by atoms with E-state index in [1.165, 1.54) is 6.92 Å². The van der Waals surface area contributed by atoms with Gasteiger partial charge in [-0.2, -0.15) is 0 Å². The molecule has 106 valence electrons. The van der Waals surface area contributed by atoms with Gasteiger partial charge in [0.15, 0.2) is 11.5 Å². The highest BCUT2D eigenvalue weighted by Gasteiger charge is 2.26. The lowest BCUT2D eigenvalue weighted by atomic mass is 10.0. The van der Waals surface area contributed by atoms with Crippen LogP contribution in [0, 0.1) is 6.92 Å². The number of hydrogen-bond donors (Lipinski definition) is 1. The second-order valence-electron chi connectivity index (χ2n) is 4.84. The summed E-state index contributed by atoms with van der Waals surface area (Å²) in [5.41, 5.74) is 1.79. The summed E-state index contributed by atoms with van der Waals surface area (Å²) in [4.78, 5) is 24.1. The quantitative estimate of drug-likeness (QED) is 0.803. The van der Waals surface area contributed by atoms with Gasteiger partial charge in [0, 0.05) is 16.1 Å². The molecule has 0 aliphatic carbocycles. The van der Waals surface area contributed by atoms with Crippen LogP contribution in [0.25, 0.3) is 0 Å². The molecule has 0 fully saturated rings. The van der Waals surface area contributed by atoms with Crippen LogP contribution in [-0.2, 0) is 0 Å². The molecule has 0 atom stereocenters. The fourth-order valence-corrected chi connectivity index (χ4v) is 2.48. The molecular formula is C16H12ClNO3. The van der Waals surface area contributed by atoms with Gasteiger partial charge in [-0.25, -0.2) is 0 Å². The minimum absolute atomic E-state index is 0.192. The summed E-state index contributed by atoms with van der Waals surface area (Å²) in [6, 6.07) is 8.46. The Labute approximate surface area is 126 Å².